The number of carbonyl (C=O) groups excluding carboxylic acids is 1. The smallest absolute Gasteiger partial charge is 0.328 e. The number of hydrogen-bond acceptors (Lipinski definition) is 9. The maximum absolute atomic E-state index is 12.0. The second-order valence-corrected chi connectivity index (χ2v) is 5.37. The summed E-state index contributed by atoms with van der Waals surface area (Å²) in [5, 5.41) is 35.3. The highest BCUT2D eigenvalue weighted by atomic mass is 16.5. The van der Waals surface area contributed by atoms with E-state index in [1.807, 2.05) is 5.32 Å². The third-order valence-electron chi connectivity index (χ3n) is 3.25. The van der Waals surface area contributed by atoms with Crippen LogP contribution in [0.4, 0.5) is 4.79 Å². The predicted octanol–water partition coefficient (Wildman–Crippen LogP) is -0.824. The first-order valence-corrected chi connectivity index (χ1v) is 7.57. The van der Waals surface area contributed by atoms with Crippen LogP contribution in [0.15, 0.2) is 23.1 Å². The van der Waals surface area contributed by atoms with Gasteiger partial charge in [0.2, 0.25) is 11.7 Å². The van der Waals surface area contributed by atoms with Gasteiger partial charge >= 0.3 is 18.0 Å². The molecule has 2 unspecified atom stereocenters. The third kappa shape index (κ3) is 5.43. The number of aliphatic hydroxyl groups excluding tert-OH is 1. The van der Waals surface area contributed by atoms with Gasteiger partial charge in [0.1, 0.15) is 11.7 Å². The number of hydrogen-bond donors (Lipinski definition) is 5. The van der Waals surface area contributed by atoms with Crippen molar-refractivity contribution in [1.29, 1.82) is 0 Å². The van der Waals surface area contributed by atoms with Crippen LogP contribution in [0.25, 0.3) is 11.5 Å². The largest absolute Gasteiger partial charge is 0.481 e. The zero-order valence-electron chi connectivity index (χ0n) is 13.9. The van der Waals surface area contributed by atoms with Crippen LogP contribution in [-0.2, 0) is 9.59 Å². The van der Waals surface area contributed by atoms with Crippen molar-refractivity contribution in [2.24, 2.45) is 0 Å². The molecule has 0 fully saturated rings. The molecule has 5 N–H and O–H groups in total. The minimum absolute atomic E-state index is 0.0306. The SMILES string of the molecule is CC(O)C(NC(=O)N[C@@H](CC(=O)O)c1nc(-c2cnccn2)no1)C(=O)O. The lowest BCUT2D eigenvalue weighted by atomic mass is 10.2. The Hall–Kier alpha value is -3.61. The average molecular weight is 380 g/mol. The number of carboxylic acids is 2. The van der Waals surface area contributed by atoms with Crippen molar-refractivity contribution in [3.8, 4) is 11.5 Å². The molecule has 13 nitrogen and oxygen atoms in total. The Morgan fingerprint density at radius 1 is 1.22 bits per heavy atom. The van der Waals surface area contributed by atoms with Crippen LogP contribution in [0.5, 0.6) is 0 Å². The zero-order valence-corrected chi connectivity index (χ0v) is 13.9. The van der Waals surface area contributed by atoms with Gasteiger partial charge in [-0.05, 0) is 6.92 Å². The zero-order chi connectivity index (χ0) is 20.0. The third-order valence-corrected chi connectivity index (χ3v) is 3.25. The molecule has 2 aromatic heterocycles. The van der Waals surface area contributed by atoms with Crippen LogP contribution < -0.4 is 10.6 Å². The molecule has 0 aliphatic rings. The van der Waals surface area contributed by atoms with Crippen LogP contribution in [0.1, 0.15) is 25.3 Å². The second-order valence-electron chi connectivity index (χ2n) is 5.37. The first-order chi connectivity index (χ1) is 12.8. The van der Waals surface area contributed by atoms with E-state index < -0.39 is 42.6 Å². The van der Waals surface area contributed by atoms with Crippen molar-refractivity contribution >= 4 is 18.0 Å². The van der Waals surface area contributed by atoms with Gasteiger partial charge in [0, 0.05) is 12.4 Å². The first kappa shape index (κ1) is 19.7. The maximum atomic E-state index is 12.0. The topological polar surface area (TPSA) is 201 Å². The minimum Gasteiger partial charge on any atom is -0.481 e. The van der Waals surface area contributed by atoms with Crippen LogP contribution in [-0.4, -0.2) is 65.5 Å². The molecule has 0 spiro atoms. The van der Waals surface area contributed by atoms with E-state index in [2.05, 4.69) is 25.4 Å². The summed E-state index contributed by atoms with van der Waals surface area (Å²) >= 11 is 0. The number of aliphatic carboxylic acids is 2. The number of nitrogens with one attached hydrogen (secondary N) is 2. The van der Waals surface area contributed by atoms with Crippen molar-refractivity contribution in [1.82, 2.24) is 30.7 Å². The van der Waals surface area contributed by atoms with Crippen molar-refractivity contribution in [3.63, 3.8) is 0 Å². The molecule has 3 atom stereocenters. The number of rotatable bonds is 8. The second kappa shape index (κ2) is 8.66. The van der Waals surface area contributed by atoms with Crippen molar-refractivity contribution in [3.05, 3.63) is 24.5 Å². The van der Waals surface area contributed by atoms with Gasteiger partial charge in [-0.25, -0.2) is 14.6 Å². The van der Waals surface area contributed by atoms with Gasteiger partial charge in [-0.2, -0.15) is 4.98 Å². The molecule has 0 aliphatic heterocycles. The van der Waals surface area contributed by atoms with Crippen LogP contribution in [0.2, 0.25) is 0 Å². The molecular formula is C14H16N6O7. The first-order valence-electron chi connectivity index (χ1n) is 7.57. The fourth-order valence-corrected chi connectivity index (χ4v) is 2.00. The van der Waals surface area contributed by atoms with Crippen molar-refractivity contribution in [2.75, 3.05) is 0 Å². The lowest BCUT2D eigenvalue weighted by Crippen LogP contribution is -2.51. The summed E-state index contributed by atoms with van der Waals surface area (Å²) in [6.07, 6.45) is 2.21. The van der Waals surface area contributed by atoms with E-state index in [4.69, 9.17) is 14.7 Å². The standard InChI is InChI=1S/C14H16N6O7/c1-6(21)10(13(24)25)18-14(26)17-7(4-9(22)23)12-19-11(20-27-12)8-5-15-2-3-16-8/h2-3,5-7,10,21H,4H2,1H3,(H,22,23)(H,24,25)(H2,17,18,26)/t6?,7-,10?/m0/s1. The van der Waals surface area contributed by atoms with Crippen molar-refractivity contribution < 1.29 is 34.2 Å². The Balaban J connectivity index is 2.16. The Bertz CT molecular complexity index is 809. The molecule has 144 valence electrons. The van der Waals surface area contributed by atoms with Crippen molar-refractivity contribution in [2.45, 2.75) is 31.5 Å². The molecule has 13 heteroatoms. The van der Waals surface area contributed by atoms with Gasteiger partial charge in [0.15, 0.2) is 6.04 Å². The maximum Gasteiger partial charge on any atom is 0.328 e. The number of nitrogens with zero attached hydrogens (tertiary/aromatic N) is 4. The van der Waals surface area contributed by atoms with E-state index in [-0.39, 0.29) is 17.4 Å². The van der Waals surface area contributed by atoms with E-state index >= 15 is 0 Å². The highest BCUT2D eigenvalue weighted by Crippen LogP contribution is 2.19. The summed E-state index contributed by atoms with van der Waals surface area (Å²) in [5.41, 5.74) is 0.270. The Kier molecular flexibility index (Phi) is 6.32. The van der Waals surface area contributed by atoms with Gasteiger partial charge < -0.3 is 30.5 Å². The monoisotopic (exact) mass is 380 g/mol. The lowest BCUT2D eigenvalue weighted by molar-refractivity contribution is -0.142. The fraction of sp³-hybridized carbons (Fsp3) is 0.357. The molecule has 0 saturated carbocycles. The summed E-state index contributed by atoms with van der Waals surface area (Å²) < 4.78 is 4.98. The van der Waals surface area contributed by atoms with E-state index in [1.165, 1.54) is 25.5 Å². The molecule has 0 bridgehead atoms. The van der Waals surface area contributed by atoms with Gasteiger partial charge in [-0.3, -0.25) is 9.78 Å². The van der Waals surface area contributed by atoms with Gasteiger partial charge in [-0.1, -0.05) is 5.16 Å². The Labute approximate surface area is 151 Å². The number of aliphatic hydroxyl groups is 1. The molecule has 2 aromatic rings. The van der Waals surface area contributed by atoms with E-state index in [1.54, 1.807) is 0 Å². The average Bonchev–Trinajstić information content (AvgIpc) is 3.09. The van der Waals surface area contributed by atoms with Gasteiger partial charge in [0.25, 0.3) is 0 Å². The highest BCUT2D eigenvalue weighted by molar-refractivity contribution is 5.83. The molecule has 0 radical (unpaired) electrons. The number of amides is 2. The molecule has 2 amide bonds. The summed E-state index contributed by atoms with van der Waals surface area (Å²) in [4.78, 5) is 45.9. The predicted molar refractivity (Wildman–Crippen MR) is 85.1 cm³/mol. The Morgan fingerprint density at radius 3 is 2.52 bits per heavy atom. The fourth-order valence-electron chi connectivity index (χ4n) is 2.00. The normalized spacial score (nSPS) is 14.0. The quantitative estimate of drug-likeness (QED) is 0.383. The van der Waals surface area contributed by atoms with Gasteiger partial charge in [-0.15, -0.1) is 0 Å². The van der Waals surface area contributed by atoms with E-state index in [9.17, 15) is 19.5 Å². The Morgan fingerprint density at radius 2 is 1.96 bits per heavy atom. The van der Waals surface area contributed by atoms with Crippen LogP contribution in [0, 0.1) is 0 Å². The lowest BCUT2D eigenvalue weighted by Gasteiger charge is -2.19. The molecule has 27 heavy (non-hydrogen) atoms. The molecule has 2 rings (SSSR count). The molecular weight excluding hydrogens is 364 g/mol. The summed E-state index contributed by atoms with van der Waals surface area (Å²) in [5.74, 6) is -2.93. The van der Waals surface area contributed by atoms with Crippen LogP contribution >= 0.6 is 0 Å². The van der Waals surface area contributed by atoms with Crippen LogP contribution in [0.3, 0.4) is 0 Å². The number of carbonyl (C=O) groups is 3. The summed E-state index contributed by atoms with van der Waals surface area (Å²) in [7, 11) is 0. The molecule has 0 saturated heterocycles. The van der Waals surface area contributed by atoms with E-state index in [0.29, 0.717) is 0 Å². The van der Waals surface area contributed by atoms with Gasteiger partial charge in [0.05, 0.1) is 18.7 Å². The molecule has 2 heterocycles. The molecule has 0 aromatic carbocycles. The number of carboxylic acid groups (broad SMARTS) is 2. The summed E-state index contributed by atoms with van der Waals surface area (Å²) in [6.45, 7) is 1.18. The molecule has 0 aliphatic carbocycles. The summed E-state index contributed by atoms with van der Waals surface area (Å²) in [6, 6.07) is -3.87. The highest BCUT2D eigenvalue weighted by Gasteiger charge is 2.29. The van der Waals surface area contributed by atoms with E-state index in [0.717, 1.165) is 0 Å². The number of aromatic nitrogens is 4. The number of urea groups is 1. The minimum atomic E-state index is -1.59.